The van der Waals surface area contributed by atoms with E-state index in [0.717, 1.165) is 36.3 Å². The molecule has 1 aromatic rings. The van der Waals surface area contributed by atoms with E-state index in [2.05, 4.69) is 16.0 Å². The number of hydrogen-bond acceptors (Lipinski definition) is 4. The van der Waals surface area contributed by atoms with E-state index in [1.54, 1.807) is 0 Å². The first-order valence-electron chi connectivity index (χ1n) is 9.83. The van der Waals surface area contributed by atoms with Crippen molar-refractivity contribution in [2.45, 2.75) is 76.3 Å². The maximum atomic E-state index is 10.4. The van der Waals surface area contributed by atoms with E-state index in [9.17, 15) is 14.7 Å². The van der Waals surface area contributed by atoms with Crippen molar-refractivity contribution >= 4 is 13.5 Å². The number of hydrogen-bond donors (Lipinski definition) is 4. The van der Waals surface area contributed by atoms with Crippen molar-refractivity contribution in [2.24, 2.45) is 0 Å². The van der Waals surface area contributed by atoms with Gasteiger partial charge in [-0.3, -0.25) is 19.9 Å². The van der Waals surface area contributed by atoms with Crippen LogP contribution in [0.1, 0.15) is 64.2 Å². The molecule has 0 amide bonds. The molecule has 168 valence electrons. The summed E-state index contributed by atoms with van der Waals surface area (Å²) in [6.07, 6.45) is 14.1. The fourth-order valence-electron chi connectivity index (χ4n) is 3.14. The fourth-order valence-corrected chi connectivity index (χ4v) is 3.54. The number of nitrogens with zero attached hydrogens (tertiary/aromatic N) is 1. The van der Waals surface area contributed by atoms with Gasteiger partial charge in [-0.05, 0) is 63.5 Å². The molecule has 0 aliphatic heterocycles. The van der Waals surface area contributed by atoms with Gasteiger partial charge in [0.2, 0.25) is 0 Å². The standard InChI is InChI=1S/C6H6NO6P.2C6H13N.H2O/c8-7(9)5-1-3-6(4-2-5)13-14(10,11)12;2*7-6-4-2-1-3-5-6;/h1-4H,(H2,10,11,12);2*6H,1-5,7H2;1H2/p+2. The van der Waals surface area contributed by atoms with E-state index in [1.165, 1.54) is 64.2 Å². The number of phosphoric acid groups is 1. The van der Waals surface area contributed by atoms with E-state index < -0.39 is 12.7 Å². The minimum absolute atomic E-state index is 0. The Bertz CT molecular complexity index is 596. The number of phosphoric ester groups is 1. The molecule has 11 heteroatoms. The molecule has 0 spiro atoms. The number of benzene rings is 1. The molecule has 29 heavy (non-hydrogen) atoms. The third-order valence-corrected chi connectivity index (χ3v) is 5.17. The maximum Gasteiger partial charge on any atom is 0.524 e. The molecule has 0 saturated heterocycles. The summed E-state index contributed by atoms with van der Waals surface area (Å²) in [7, 11) is -4.60. The van der Waals surface area contributed by atoms with Crippen LogP contribution in [0.2, 0.25) is 0 Å². The highest BCUT2D eigenvalue weighted by molar-refractivity contribution is 7.46. The summed E-state index contributed by atoms with van der Waals surface area (Å²) in [5.74, 6) is -0.121. The van der Waals surface area contributed by atoms with E-state index in [4.69, 9.17) is 9.79 Å². The molecule has 0 bridgehead atoms. The first-order valence-corrected chi connectivity index (χ1v) is 11.4. The lowest BCUT2D eigenvalue weighted by Crippen LogP contribution is -2.61. The highest BCUT2D eigenvalue weighted by atomic mass is 31.2. The lowest BCUT2D eigenvalue weighted by molar-refractivity contribution is -0.425. The quantitative estimate of drug-likeness (QED) is 0.313. The summed E-state index contributed by atoms with van der Waals surface area (Å²) < 4.78 is 14.5. The number of non-ortho nitro benzene ring substituents is 1. The lowest BCUT2D eigenvalue weighted by atomic mass is 9.97. The Hall–Kier alpha value is -1.55. The lowest BCUT2D eigenvalue weighted by Gasteiger charge is -2.12. The molecule has 0 aromatic heterocycles. The fraction of sp³-hybridized carbons (Fsp3) is 0.667. The van der Waals surface area contributed by atoms with Gasteiger partial charge in [-0.15, -0.1) is 0 Å². The first-order chi connectivity index (χ1) is 13.2. The minimum Gasteiger partial charge on any atom is -0.412 e. The normalized spacial score (nSPS) is 17.5. The predicted molar refractivity (Wildman–Crippen MR) is 109 cm³/mol. The van der Waals surface area contributed by atoms with Crippen LogP contribution in [0.3, 0.4) is 0 Å². The molecule has 1 aromatic carbocycles. The zero-order valence-electron chi connectivity index (χ0n) is 16.9. The molecule has 10 N–H and O–H groups in total. The number of nitro benzene ring substituents is 1. The number of rotatable bonds is 3. The van der Waals surface area contributed by atoms with Gasteiger partial charge in [0.15, 0.2) is 0 Å². The summed E-state index contributed by atoms with van der Waals surface area (Å²) in [6, 6.07) is 5.97. The summed E-state index contributed by atoms with van der Waals surface area (Å²) in [5, 5.41) is 10.2. The van der Waals surface area contributed by atoms with Gasteiger partial charge in [0.05, 0.1) is 17.0 Å². The van der Waals surface area contributed by atoms with Crippen LogP contribution in [0.4, 0.5) is 5.69 Å². The number of nitro groups is 1. The molecule has 0 heterocycles. The molecule has 0 radical (unpaired) electrons. The third kappa shape index (κ3) is 14.1. The van der Waals surface area contributed by atoms with Crippen molar-refractivity contribution in [1.82, 2.24) is 0 Å². The van der Waals surface area contributed by atoms with Gasteiger partial charge in [-0.1, -0.05) is 12.8 Å². The topological polar surface area (TPSA) is 197 Å². The Morgan fingerprint density at radius 3 is 1.52 bits per heavy atom. The molecule has 3 rings (SSSR count). The first kappa shape index (κ1) is 27.5. The highest BCUT2D eigenvalue weighted by Crippen LogP contribution is 2.37. The molecule has 0 unspecified atom stereocenters. The monoisotopic (exact) mass is 437 g/mol. The second-order valence-electron chi connectivity index (χ2n) is 7.34. The highest BCUT2D eigenvalue weighted by Gasteiger charge is 2.16. The molecule has 10 nitrogen and oxygen atoms in total. The summed E-state index contributed by atoms with van der Waals surface area (Å²) >= 11 is 0. The average molecular weight is 437 g/mol. The largest absolute Gasteiger partial charge is 0.524 e. The van der Waals surface area contributed by atoms with Gasteiger partial charge in [0.25, 0.3) is 5.69 Å². The Morgan fingerprint density at radius 1 is 0.897 bits per heavy atom. The van der Waals surface area contributed by atoms with Crippen LogP contribution < -0.4 is 16.0 Å². The third-order valence-electron chi connectivity index (χ3n) is 4.72. The molecule has 2 saturated carbocycles. The second-order valence-corrected chi connectivity index (χ2v) is 8.50. The summed E-state index contributed by atoms with van der Waals surface area (Å²) in [6.45, 7) is 0. The molecular formula is C18H36N3O7P+2. The predicted octanol–water partition coefficient (Wildman–Crippen LogP) is 1.36. The van der Waals surface area contributed by atoms with Crippen LogP contribution in [-0.2, 0) is 4.57 Å². The van der Waals surface area contributed by atoms with E-state index in [-0.39, 0.29) is 16.9 Å². The second kappa shape index (κ2) is 14.4. The van der Waals surface area contributed by atoms with Crippen LogP contribution >= 0.6 is 7.82 Å². The number of quaternary nitrogens is 2. The van der Waals surface area contributed by atoms with Crippen LogP contribution in [0, 0.1) is 10.1 Å². The molecule has 2 aliphatic carbocycles. The van der Waals surface area contributed by atoms with Crippen molar-refractivity contribution in [3.8, 4) is 5.75 Å². The Balaban J connectivity index is 0.000000440. The summed E-state index contributed by atoms with van der Waals surface area (Å²) in [4.78, 5) is 26.4. The molecule has 0 atom stereocenters. The van der Waals surface area contributed by atoms with Gasteiger partial charge in [-0.25, -0.2) is 4.57 Å². The van der Waals surface area contributed by atoms with Gasteiger partial charge >= 0.3 is 7.82 Å². The van der Waals surface area contributed by atoms with Crippen LogP contribution in [0.15, 0.2) is 24.3 Å². The van der Waals surface area contributed by atoms with Crippen LogP contribution in [0.5, 0.6) is 5.75 Å². The molecule has 2 fully saturated rings. The van der Waals surface area contributed by atoms with E-state index >= 15 is 0 Å². The van der Waals surface area contributed by atoms with Crippen molar-refractivity contribution in [3.05, 3.63) is 34.4 Å². The van der Waals surface area contributed by atoms with Gasteiger partial charge < -0.3 is 21.5 Å². The van der Waals surface area contributed by atoms with Gasteiger partial charge in [0.1, 0.15) is 5.75 Å². The van der Waals surface area contributed by atoms with Crippen molar-refractivity contribution < 1.29 is 40.7 Å². The van der Waals surface area contributed by atoms with Crippen LogP contribution in [-0.4, -0.2) is 32.3 Å². The maximum absolute atomic E-state index is 10.4. The average Bonchev–Trinajstić information content (AvgIpc) is 2.63. The van der Waals surface area contributed by atoms with E-state index in [0.29, 0.717) is 0 Å². The Morgan fingerprint density at radius 2 is 1.28 bits per heavy atom. The molecule has 2 aliphatic rings. The van der Waals surface area contributed by atoms with Gasteiger partial charge in [0, 0.05) is 12.1 Å². The van der Waals surface area contributed by atoms with E-state index in [1.807, 2.05) is 0 Å². The van der Waals surface area contributed by atoms with Crippen molar-refractivity contribution in [2.75, 3.05) is 0 Å². The summed E-state index contributed by atoms with van der Waals surface area (Å²) in [5.41, 5.74) is 7.82. The zero-order valence-corrected chi connectivity index (χ0v) is 17.8. The van der Waals surface area contributed by atoms with Crippen molar-refractivity contribution in [3.63, 3.8) is 0 Å². The van der Waals surface area contributed by atoms with Gasteiger partial charge in [-0.2, -0.15) is 0 Å². The Kier molecular flexibility index (Phi) is 13.7. The zero-order chi connectivity index (χ0) is 21.0. The minimum atomic E-state index is -4.60. The SMILES string of the molecule is O.O=[N+]([O-])c1ccc(OP(=O)(O)O)cc1.[NH3+]C1CCCCC1.[NH3+]C1CCCCC1. The van der Waals surface area contributed by atoms with Crippen molar-refractivity contribution in [1.29, 1.82) is 0 Å². The Labute approximate surface area is 171 Å². The molecular weight excluding hydrogens is 401 g/mol. The smallest absolute Gasteiger partial charge is 0.412 e. The van der Waals surface area contributed by atoms with Crippen LogP contribution in [0.25, 0.3) is 0 Å².